The number of rotatable bonds is 4. The number of aromatic nitrogens is 1. The minimum absolute atomic E-state index is 0.274. The van der Waals surface area contributed by atoms with E-state index in [4.69, 9.17) is 39.5 Å². The molecule has 3 nitrogen and oxygen atoms in total. The summed E-state index contributed by atoms with van der Waals surface area (Å²) in [4.78, 5) is 4.33. The molecule has 0 amide bonds. The highest BCUT2D eigenvalue weighted by Crippen LogP contribution is 2.36. The Balaban J connectivity index is 2.14. The lowest BCUT2D eigenvalue weighted by Crippen LogP contribution is -2.01. The van der Waals surface area contributed by atoms with E-state index in [2.05, 4.69) is 10.3 Å². The highest BCUT2D eigenvalue weighted by Gasteiger charge is 2.09. The molecule has 0 bridgehead atoms. The molecule has 1 N–H and O–H groups in total. The standard InChI is InChI=1S/C13H11Cl3N2O/c1-17-12-4-2-3-9(18-12)7-19-13-10(15)5-8(14)6-11(13)16/h2-6H,7H2,1H3,(H,17,18). The molecule has 19 heavy (non-hydrogen) atoms. The van der Waals surface area contributed by atoms with Gasteiger partial charge < -0.3 is 10.1 Å². The van der Waals surface area contributed by atoms with Gasteiger partial charge in [-0.15, -0.1) is 0 Å². The molecule has 1 heterocycles. The maximum absolute atomic E-state index is 6.03. The number of anilines is 1. The van der Waals surface area contributed by atoms with E-state index in [1.165, 1.54) is 0 Å². The fourth-order valence-corrected chi connectivity index (χ4v) is 2.44. The second-order valence-corrected chi connectivity index (χ2v) is 5.00. The van der Waals surface area contributed by atoms with Crippen LogP contribution in [-0.2, 0) is 6.61 Å². The first-order valence-corrected chi connectivity index (χ1v) is 6.64. The van der Waals surface area contributed by atoms with Crippen LogP contribution in [0.1, 0.15) is 5.69 Å². The number of nitrogens with zero attached hydrogens (tertiary/aromatic N) is 1. The van der Waals surface area contributed by atoms with E-state index >= 15 is 0 Å². The monoisotopic (exact) mass is 316 g/mol. The van der Waals surface area contributed by atoms with E-state index in [0.717, 1.165) is 11.5 Å². The van der Waals surface area contributed by atoms with Crippen molar-refractivity contribution in [2.24, 2.45) is 0 Å². The van der Waals surface area contributed by atoms with Crippen molar-refractivity contribution in [2.75, 3.05) is 12.4 Å². The summed E-state index contributed by atoms with van der Waals surface area (Å²) in [6.07, 6.45) is 0. The molecule has 100 valence electrons. The predicted octanol–water partition coefficient (Wildman–Crippen LogP) is 4.66. The van der Waals surface area contributed by atoms with Crippen molar-refractivity contribution in [3.63, 3.8) is 0 Å². The summed E-state index contributed by atoms with van der Waals surface area (Å²) >= 11 is 17.9. The van der Waals surface area contributed by atoms with Crippen LogP contribution in [0.3, 0.4) is 0 Å². The Bertz CT molecular complexity index is 567. The first kappa shape index (κ1) is 14.3. The molecule has 6 heteroatoms. The number of halogens is 3. The molecule has 2 rings (SSSR count). The Morgan fingerprint density at radius 1 is 1.16 bits per heavy atom. The quantitative estimate of drug-likeness (QED) is 0.890. The molecular weight excluding hydrogens is 307 g/mol. The minimum Gasteiger partial charge on any atom is -0.484 e. The molecule has 0 saturated heterocycles. The van der Waals surface area contributed by atoms with Gasteiger partial charge in [0.15, 0.2) is 5.75 Å². The minimum atomic E-state index is 0.274. The van der Waals surface area contributed by atoms with Crippen molar-refractivity contribution in [3.05, 3.63) is 51.1 Å². The fraction of sp³-hybridized carbons (Fsp3) is 0.154. The third-order valence-electron chi connectivity index (χ3n) is 2.39. The molecule has 1 aromatic carbocycles. The average molecular weight is 318 g/mol. The Labute approximate surface area is 126 Å². The van der Waals surface area contributed by atoms with Gasteiger partial charge in [0.1, 0.15) is 12.4 Å². The molecule has 0 unspecified atom stereocenters. The van der Waals surface area contributed by atoms with Gasteiger partial charge in [0.05, 0.1) is 15.7 Å². The fourth-order valence-electron chi connectivity index (χ4n) is 1.51. The van der Waals surface area contributed by atoms with E-state index in [9.17, 15) is 0 Å². The van der Waals surface area contributed by atoms with Gasteiger partial charge >= 0.3 is 0 Å². The van der Waals surface area contributed by atoms with Crippen molar-refractivity contribution in [1.29, 1.82) is 0 Å². The van der Waals surface area contributed by atoms with Crippen molar-refractivity contribution in [1.82, 2.24) is 4.98 Å². The molecule has 0 radical (unpaired) electrons. The van der Waals surface area contributed by atoms with Gasteiger partial charge in [0.25, 0.3) is 0 Å². The zero-order valence-electron chi connectivity index (χ0n) is 10.1. The van der Waals surface area contributed by atoms with Crippen LogP contribution in [0.2, 0.25) is 15.1 Å². The lowest BCUT2D eigenvalue weighted by molar-refractivity contribution is 0.302. The predicted molar refractivity (Wildman–Crippen MR) is 79.6 cm³/mol. The van der Waals surface area contributed by atoms with Gasteiger partial charge in [-0.1, -0.05) is 40.9 Å². The van der Waals surface area contributed by atoms with Crippen molar-refractivity contribution < 1.29 is 4.74 Å². The van der Waals surface area contributed by atoms with Crippen LogP contribution >= 0.6 is 34.8 Å². The third kappa shape index (κ3) is 3.66. The molecule has 0 spiro atoms. The maximum atomic E-state index is 6.03. The number of ether oxygens (including phenoxy) is 1. The van der Waals surface area contributed by atoms with Crippen molar-refractivity contribution in [3.8, 4) is 5.75 Å². The molecule has 0 aliphatic rings. The number of pyridine rings is 1. The summed E-state index contributed by atoms with van der Waals surface area (Å²) in [7, 11) is 1.81. The van der Waals surface area contributed by atoms with Crippen LogP contribution in [-0.4, -0.2) is 12.0 Å². The summed E-state index contributed by atoms with van der Waals surface area (Å²) in [6.45, 7) is 0.274. The Kier molecular flexibility index (Phi) is 4.75. The molecule has 2 aromatic rings. The second kappa shape index (κ2) is 6.33. The Morgan fingerprint density at radius 2 is 1.84 bits per heavy atom. The second-order valence-electron chi connectivity index (χ2n) is 3.75. The summed E-state index contributed by atoms with van der Waals surface area (Å²) in [5.41, 5.74) is 0.772. The summed E-state index contributed by atoms with van der Waals surface area (Å²) in [6, 6.07) is 8.79. The number of benzene rings is 1. The Morgan fingerprint density at radius 3 is 2.47 bits per heavy atom. The molecule has 0 fully saturated rings. The van der Waals surface area contributed by atoms with E-state index in [1.807, 2.05) is 18.2 Å². The van der Waals surface area contributed by atoms with E-state index in [1.54, 1.807) is 19.2 Å². The first-order chi connectivity index (χ1) is 9.10. The van der Waals surface area contributed by atoms with Crippen LogP contribution < -0.4 is 10.1 Å². The number of hydrogen-bond acceptors (Lipinski definition) is 3. The van der Waals surface area contributed by atoms with Crippen LogP contribution in [0, 0.1) is 0 Å². The topological polar surface area (TPSA) is 34.1 Å². The smallest absolute Gasteiger partial charge is 0.157 e. The molecular formula is C13H11Cl3N2O. The van der Waals surface area contributed by atoms with Gasteiger partial charge in [-0.05, 0) is 24.3 Å². The van der Waals surface area contributed by atoms with Gasteiger partial charge in [-0.3, -0.25) is 0 Å². The highest BCUT2D eigenvalue weighted by atomic mass is 35.5. The zero-order valence-corrected chi connectivity index (χ0v) is 12.4. The van der Waals surface area contributed by atoms with Crippen LogP contribution in [0.5, 0.6) is 5.75 Å². The van der Waals surface area contributed by atoms with Crippen LogP contribution in [0.25, 0.3) is 0 Å². The largest absolute Gasteiger partial charge is 0.484 e. The highest BCUT2D eigenvalue weighted by molar-refractivity contribution is 6.40. The lowest BCUT2D eigenvalue weighted by atomic mass is 10.3. The molecule has 0 aliphatic heterocycles. The Hall–Kier alpha value is -1.16. The zero-order chi connectivity index (χ0) is 13.8. The lowest BCUT2D eigenvalue weighted by Gasteiger charge is -2.10. The van der Waals surface area contributed by atoms with Gasteiger partial charge in [0, 0.05) is 12.1 Å². The van der Waals surface area contributed by atoms with E-state index < -0.39 is 0 Å². The van der Waals surface area contributed by atoms with Crippen LogP contribution in [0.15, 0.2) is 30.3 Å². The molecule has 0 aliphatic carbocycles. The molecule has 0 saturated carbocycles. The van der Waals surface area contributed by atoms with Gasteiger partial charge in [-0.25, -0.2) is 4.98 Å². The van der Waals surface area contributed by atoms with Crippen molar-refractivity contribution in [2.45, 2.75) is 6.61 Å². The average Bonchev–Trinajstić information content (AvgIpc) is 2.37. The normalized spacial score (nSPS) is 10.3. The molecule has 1 aromatic heterocycles. The first-order valence-electron chi connectivity index (χ1n) is 5.51. The van der Waals surface area contributed by atoms with E-state index in [-0.39, 0.29) is 6.61 Å². The number of hydrogen-bond donors (Lipinski definition) is 1. The summed E-state index contributed by atoms with van der Waals surface area (Å²) in [5, 5.41) is 4.18. The molecule has 0 atom stereocenters. The van der Waals surface area contributed by atoms with Crippen LogP contribution in [0.4, 0.5) is 5.82 Å². The third-order valence-corrected chi connectivity index (χ3v) is 3.17. The summed E-state index contributed by atoms with van der Waals surface area (Å²) in [5.74, 6) is 1.18. The van der Waals surface area contributed by atoms with Gasteiger partial charge in [-0.2, -0.15) is 0 Å². The van der Waals surface area contributed by atoms with Gasteiger partial charge in [0.2, 0.25) is 0 Å². The summed E-state index contributed by atoms with van der Waals surface area (Å²) < 4.78 is 5.60. The van der Waals surface area contributed by atoms with Crippen molar-refractivity contribution >= 4 is 40.6 Å². The maximum Gasteiger partial charge on any atom is 0.157 e. The number of nitrogens with one attached hydrogen (secondary N) is 1. The van der Waals surface area contributed by atoms with E-state index in [0.29, 0.717) is 20.8 Å². The SMILES string of the molecule is CNc1cccc(COc2c(Cl)cc(Cl)cc2Cl)n1.